The van der Waals surface area contributed by atoms with E-state index in [2.05, 4.69) is 10.3 Å². The van der Waals surface area contributed by atoms with Crippen molar-refractivity contribution in [1.82, 2.24) is 9.88 Å². The Balaban J connectivity index is 1.32. The Hall–Kier alpha value is -2.21. The van der Waals surface area contributed by atoms with Crippen LogP contribution in [0.15, 0.2) is 24.3 Å². The molecule has 0 atom stereocenters. The molecule has 1 amide bonds. The van der Waals surface area contributed by atoms with E-state index in [0.717, 1.165) is 49.1 Å². The van der Waals surface area contributed by atoms with Crippen LogP contribution in [-0.2, 0) is 4.74 Å². The SMILES string of the molecule is CC(C)(C)OC(=O)N1CC2(CC(CNc3c(N)c(Cl)nc4ccccc34)C2)C1. The van der Waals surface area contributed by atoms with Crippen LogP contribution in [0, 0.1) is 11.3 Å². The Bertz CT molecular complexity index is 910. The van der Waals surface area contributed by atoms with Crippen molar-refractivity contribution < 1.29 is 9.53 Å². The molecule has 1 aliphatic carbocycles. The number of benzene rings is 1. The van der Waals surface area contributed by atoms with Gasteiger partial charge in [0.15, 0.2) is 5.15 Å². The maximum atomic E-state index is 12.1. The summed E-state index contributed by atoms with van der Waals surface area (Å²) in [5.41, 5.74) is 8.19. The first-order valence-corrected chi connectivity index (χ1v) is 10.1. The van der Waals surface area contributed by atoms with Crippen molar-refractivity contribution in [3.63, 3.8) is 0 Å². The summed E-state index contributed by atoms with van der Waals surface area (Å²) < 4.78 is 5.44. The van der Waals surface area contributed by atoms with Crippen LogP contribution in [0.1, 0.15) is 33.6 Å². The zero-order valence-electron chi connectivity index (χ0n) is 16.6. The van der Waals surface area contributed by atoms with Gasteiger partial charge in [-0.05, 0) is 45.6 Å². The summed E-state index contributed by atoms with van der Waals surface area (Å²) in [4.78, 5) is 18.3. The fraction of sp³-hybridized carbons (Fsp3) is 0.524. The van der Waals surface area contributed by atoms with E-state index in [9.17, 15) is 4.79 Å². The Morgan fingerprint density at radius 2 is 2.04 bits per heavy atom. The summed E-state index contributed by atoms with van der Waals surface area (Å²) in [6, 6.07) is 7.85. The fourth-order valence-corrected chi connectivity index (χ4v) is 4.61. The second-order valence-electron chi connectivity index (χ2n) is 9.20. The lowest BCUT2D eigenvalue weighted by molar-refractivity contribution is -0.0920. The number of halogens is 1. The number of ether oxygens (including phenoxy) is 1. The minimum absolute atomic E-state index is 0.203. The number of pyridine rings is 1. The van der Waals surface area contributed by atoms with Crippen LogP contribution in [0.5, 0.6) is 0 Å². The Kier molecular flexibility index (Phi) is 4.57. The van der Waals surface area contributed by atoms with Crippen LogP contribution < -0.4 is 11.1 Å². The molecule has 150 valence electrons. The summed E-state index contributed by atoms with van der Waals surface area (Å²) in [6.45, 7) is 8.11. The number of hydrogen-bond donors (Lipinski definition) is 2. The van der Waals surface area contributed by atoms with E-state index in [4.69, 9.17) is 22.1 Å². The standard InChI is InChI=1S/C21H27ClN4O2/c1-20(2,3)28-19(27)26-11-21(12-26)8-13(9-21)10-24-17-14-6-4-5-7-15(14)25-18(22)16(17)23/h4-7,13H,8-12,23H2,1-3H3,(H,24,25). The van der Waals surface area contributed by atoms with Crippen LogP contribution in [0.4, 0.5) is 16.2 Å². The molecule has 1 aliphatic heterocycles. The lowest BCUT2D eigenvalue weighted by Gasteiger charge is -2.58. The summed E-state index contributed by atoms with van der Waals surface area (Å²) in [5, 5.41) is 4.81. The number of amides is 1. The van der Waals surface area contributed by atoms with Crippen molar-refractivity contribution in [3.05, 3.63) is 29.4 Å². The monoisotopic (exact) mass is 402 g/mol. The lowest BCUT2D eigenvalue weighted by Crippen LogP contribution is -2.64. The van der Waals surface area contributed by atoms with Crippen molar-refractivity contribution in [3.8, 4) is 0 Å². The van der Waals surface area contributed by atoms with Crippen LogP contribution >= 0.6 is 11.6 Å². The topological polar surface area (TPSA) is 80.5 Å². The van der Waals surface area contributed by atoms with Gasteiger partial charge in [-0.15, -0.1) is 0 Å². The molecule has 2 fully saturated rings. The molecule has 7 heteroatoms. The van der Waals surface area contributed by atoms with Gasteiger partial charge in [0.1, 0.15) is 5.60 Å². The van der Waals surface area contributed by atoms with Gasteiger partial charge in [0.25, 0.3) is 0 Å². The lowest BCUT2D eigenvalue weighted by atomic mass is 9.58. The van der Waals surface area contributed by atoms with Crippen molar-refractivity contribution in [2.45, 2.75) is 39.2 Å². The van der Waals surface area contributed by atoms with Gasteiger partial charge in [0.05, 0.1) is 16.9 Å². The van der Waals surface area contributed by atoms with Gasteiger partial charge >= 0.3 is 6.09 Å². The van der Waals surface area contributed by atoms with E-state index < -0.39 is 5.60 Å². The van der Waals surface area contributed by atoms with Gasteiger partial charge in [-0.3, -0.25) is 0 Å². The molecule has 0 radical (unpaired) electrons. The highest BCUT2D eigenvalue weighted by atomic mass is 35.5. The molecule has 1 aromatic heterocycles. The molecule has 1 saturated heterocycles. The predicted octanol–water partition coefficient (Wildman–Crippen LogP) is 4.53. The second kappa shape index (κ2) is 6.69. The highest BCUT2D eigenvalue weighted by Crippen LogP contribution is 2.52. The second-order valence-corrected chi connectivity index (χ2v) is 9.56. The van der Waals surface area contributed by atoms with Crippen LogP contribution in [-0.4, -0.2) is 41.2 Å². The van der Waals surface area contributed by atoms with E-state index in [-0.39, 0.29) is 11.5 Å². The number of rotatable bonds is 3. The minimum atomic E-state index is -0.444. The van der Waals surface area contributed by atoms with Crippen molar-refractivity contribution in [2.75, 3.05) is 30.7 Å². The van der Waals surface area contributed by atoms with Crippen LogP contribution in [0.25, 0.3) is 10.9 Å². The van der Waals surface area contributed by atoms with E-state index in [1.54, 1.807) is 0 Å². The number of anilines is 2. The third-order valence-electron chi connectivity index (χ3n) is 5.60. The van der Waals surface area contributed by atoms with Crippen LogP contribution in [0.2, 0.25) is 5.15 Å². The fourth-order valence-electron chi connectivity index (χ4n) is 4.42. The third kappa shape index (κ3) is 3.58. The minimum Gasteiger partial charge on any atom is -0.444 e. The molecule has 4 rings (SSSR count). The molecule has 1 saturated carbocycles. The molecule has 0 unspecified atom stereocenters. The van der Waals surface area contributed by atoms with E-state index >= 15 is 0 Å². The highest BCUT2D eigenvalue weighted by molar-refractivity contribution is 6.33. The number of fused-ring (bicyclic) bond motifs is 1. The Labute approximate surface area is 170 Å². The molecule has 2 heterocycles. The summed E-state index contributed by atoms with van der Waals surface area (Å²) >= 11 is 6.20. The zero-order valence-corrected chi connectivity index (χ0v) is 17.3. The molecule has 6 nitrogen and oxygen atoms in total. The normalized spacial score (nSPS) is 18.6. The van der Waals surface area contributed by atoms with Gasteiger partial charge in [0, 0.05) is 30.4 Å². The summed E-state index contributed by atoms with van der Waals surface area (Å²) in [5.74, 6) is 0.561. The maximum absolute atomic E-state index is 12.1. The number of hydrogen-bond acceptors (Lipinski definition) is 5. The first-order chi connectivity index (χ1) is 13.2. The Morgan fingerprint density at radius 1 is 1.36 bits per heavy atom. The van der Waals surface area contributed by atoms with E-state index in [0.29, 0.717) is 16.8 Å². The number of nitrogens with one attached hydrogen (secondary N) is 1. The smallest absolute Gasteiger partial charge is 0.410 e. The third-order valence-corrected chi connectivity index (χ3v) is 5.89. The number of nitrogens with zero attached hydrogens (tertiary/aromatic N) is 2. The molecular weight excluding hydrogens is 376 g/mol. The maximum Gasteiger partial charge on any atom is 0.410 e. The summed E-state index contributed by atoms with van der Waals surface area (Å²) in [6.07, 6.45) is 2.01. The molecular formula is C21H27ClN4O2. The van der Waals surface area contributed by atoms with E-state index in [1.807, 2.05) is 49.9 Å². The number of carbonyl (C=O) groups excluding carboxylic acids is 1. The molecule has 1 aromatic carbocycles. The molecule has 2 aromatic rings. The quantitative estimate of drug-likeness (QED) is 0.737. The van der Waals surface area contributed by atoms with Gasteiger partial charge in [0.2, 0.25) is 0 Å². The molecule has 2 aliphatic rings. The first kappa shape index (κ1) is 19.1. The predicted molar refractivity (Wildman–Crippen MR) is 113 cm³/mol. The number of nitrogens with two attached hydrogens (primary N) is 1. The molecule has 28 heavy (non-hydrogen) atoms. The highest BCUT2D eigenvalue weighted by Gasteiger charge is 2.54. The molecule has 0 bridgehead atoms. The average molecular weight is 403 g/mol. The number of aromatic nitrogens is 1. The number of nitrogen functional groups attached to an aromatic ring is 1. The van der Waals surface area contributed by atoms with Gasteiger partial charge in [-0.25, -0.2) is 9.78 Å². The zero-order chi connectivity index (χ0) is 20.1. The van der Waals surface area contributed by atoms with Gasteiger partial charge in [-0.1, -0.05) is 29.8 Å². The van der Waals surface area contributed by atoms with Crippen molar-refractivity contribution in [1.29, 1.82) is 0 Å². The Morgan fingerprint density at radius 3 is 2.71 bits per heavy atom. The summed E-state index contributed by atoms with van der Waals surface area (Å²) in [7, 11) is 0. The average Bonchev–Trinajstić information content (AvgIpc) is 2.53. The number of likely N-dealkylation sites (tertiary alicyclic amines) is 1. The molecule has 1 spiro atoms. The number of carbonyl (C=O) groups is 1. The first-order valence-electron chi connectivity index (χ1n) is 9.71. The van der Waals surface area contributed by atoms with Gasteiger partial charge < -0.3 is 20.7 Å². The van der Waals surface area contributed by atoms with Crippen molar-refractivity contribution in [2.24, 2.45) is 11.3 Å². The van der Waals surface area contributed by atoms with E-state index in [1.165, 1.54) is 0 Å². The largest absolute Gasteiger partial charge is 0.444 e. The molecule has 3 N–H and O–H groups in total. The van der Waals surface area contributed by atoms with Gasteiger partial charge in [-0.2, -0.15) is 0 Å². The van der Waals surface area contributed by atoms with Crippen LogP contribution in [0.3, 0.4) is 0 Å². The number of para-hydroxylation sites is 1. The van der Waals surface area contributed by atoms with Crippen molar-refractivity contribution >= 4 is 40.0 Å².